The van der Waals surface area contributed by atoms with Crippen molar-refractivity contribution >= 4 is 22.8 Å². The zero-order valence-electron chi connectivity index (χ0n) is 16.1. The molecule has 1 aliphatic heterocycles. The molecule has 3 aromatic rings. The Hall–Kier alpha value is -3.47. The summed E-state index contributed by atoms with van der Waals surface area (Å²) in [5.41, 5.74) is 3.28. The maximum atomic E-state index is 13.4. The van der Waals surface area contributed by atoms with Gasteiger partial charge >= 0.3 is 0 Å². The third kappa shape index (κ3) is 3.18. The van der Waals surface area contributed by atoms with Gasteiger partial charge in [-0.25, -0.2) is 9.97 Å². The fourth-order valence-corrected chi connectivity index (χ4v) is 3.84. The van der Waals surface area contributed by atoms with Gasteiger partial charge in [-0.05, 0) is 38.0 Å². The van der Waals surface area contributed by atoms with Gasteiger partial charge in [0.15, 0.2) is 0 Å². The first-order chi connectivity index (χ1) is 14.1. The van der Waals surface area contributed by atoms with E-state index in [0.29, 0.717) is 60.0 Å². The van der Waals surface area contributed by atoms with Gasteiger partial charge in [0.2, 0.25) is 0 Å². The lowest BCUT2D eigenvalue weighted by molar-refractivity contribution is 0.0748. The Morgan fingerprint density at radius 1 is 1.24 bits per heavy atom. The number of piperazine rings is 1. The van der Waals surface area contributed by atoms with E-state index in [2.05, 4.69) is 26.1 Å². The Labute approximate surface area is 167 Å². The molecule has 8 heteroatoms. The number of hydrogen-bond donors (Lipinski definition) is 0. The minimum atomic E-state index is -0.0102. The second kappa shape index (κ2) is 6.85. The number of nitrogens with zero attached hydrogens (tertiary/aromatic N) is 6. The van der Waals surface area contributed by atoms with Crippen molar-refractivity contribution < 1.29 is 9.32 Å². The van der Waals surface area contributed by atoms with Crippen molar-refractivity contribution in [2.24, 2.45) is 0 Å². The van der Waals surface area contributed by atoms with E-state index in [1.165, 1.54) is 0 Å². The third-order valence-corrected chi connectivity index (χ3v) is 5.63. The van der Waals surface area contributed by atoms with Gasteiger partial charge in [-0.1, -0.05) is 5.16 Å². The van der Waals surface area contributed by atoms with Crippen LogP contribution in [0.25, 0.3) is 11.1 Å². The van der Waals surface area contributed by atoms with E-state index in [1.54, 1.807) is 18.3 Å². The molecule has 0 aromatic carbocycles. The van der Waals surface area contributed by atoms with Gasteiger partial charge in [-0.2, -0.15) is 5.26 Å². The molecule has 2 fully saturated rings. The van der Waals surface area contributed by atoms with Gasteiger partial charge in [0.1, 0.15) is 5.82 Å². The predicted molar refractivity (Wildman–Crippen MR) is 106 cm³/mol. The van der Waals surface area contributed by atoms with E-state index >= 15 is 0 Å². The summed E-state index contributed by atoms with van der Waals surface area (Å²) in [5, 5.41) is 13.8. The van der Waals surface area contributed by atoms with Crippen molar-refractivity contribution in [3.8, 4) is 6.07 Å². The zero-order chi connectivity index (χ0) is 20.0. The summed E-state index contributed by atoms with van der Waals surface area (Å²) in [6.45, 7) is 4.35. The van der Waals surface area contributed by atoms with Crippen LogP contribution in [-0.4, -0.2) is 52.1 Å². The Kier molecular flexibility index (Phi) is 4.16. The molecule has 1 saturated carbocycles. The van der Waals surface area contributed by atoms with Crippen molar-refractivity contribution in [1.82, 2.24) is 20.0 Å². The zero-order valence-corrected chi connectivity index (χ0v) is 16.1. The molecule has 0 spiro atoms. The first-order valence-corrected chi connectivity index (χ1v) is 9.81. The summed E-state index contributed by atoms with van der Waals surface area (Å²) in [4.78, 5) is 26.3. The molecule has 3 aromatic heterocycles. The number of carbonyl (C=O) groups is 1. The molecule has 0 N–H and O–H groups in total. The Bertz CT molecular complexity index is 1140. The lowest BCUT2D eigenvalue weighted by atomic mass is 10.1. The summed E-state index contributed by atoms with van der Waals surface area (Å²) >= 11 is 0. The van der Waals surface area contributed by atoms with E-state index < -0.39 is 0 Å². The van der Waals surface area contributed by atoms with Gasteiger partial charge in [0.05, 0.1) is 28.3 Å². The van der Waals surface area contributed by atoms with Gasteiger partial charge in [-0.15, -0.1) is 0 Å². The average Bonchev–Trinajstić information content (AvgIpc) is 3.56. The van der Waals surface area contributed by atoms with Gasteiger partial charge in [-0.3, -0.25) is 4.79 Å². The largest absolute Gasteiger partial charge is 0.353 e. The lowest BCUT2D eigenvalue weighted by Crippen LogP contribution is -2.49. The molecule has 29 heavy (non-hydrogen) atoms. The fourth-order valence-electron chi connectivity index (χ4n) is 3.84. The van der Waals surface area contributed by atoms with Crippen LogP contribution in [0, 0.1) is 18.3 Å². The standard InChI is InChI=1S/C21H20N6O2/c1-13-19-16(11-17(15-2-3-15)24-20(19)29-25-13)21(28)27-8-6-26(7-9-27)18-10-14(12-22)4-5-23-18/h4-5,10-11,15H,2-3,6-9H2,1H3. The number of anilines is 1. The molecule has 146 valence electrons. The van der Waals surface area contributed by atoms with E-state index in [0.717, 1.165) is 24.4 Å². The van der Waals surface area contributed by atoms with Crippen LogP contribution in [-0.2, 0) is 0 Å². The van der Waals surface area contributed by atoms with Gasteiger partial charge in [0, 0.05) is 44.0 Å². The normalized spacial score (nSPS) is 16.8. The summed E-state index contributed by atoms with van der Waals surface area (Å²) in [6.07, 6.45) is 3.85. The maximum absolute atomic E-state index is 13.4. The first kappa shape index (κ1) is 17.6. The Morgan fingerprint density at radius 2 is 2.03 bits per heavy atom. The van der Waals surface area contributed by atoms with Crippen molar-refractivity contribution in [3.63, 3.8) is 0 Å². The smallest absolute Gasteiger partial charge is 0.259 e. The quantitative estimate of drug-likeness (QED) is 0.680. The third-order valence-electron chi connectivity index (χ3n) is 5.63. The molecule has 8 nitrogen and oxygen atoms in total. The average molecular weight is 388 g/mol. The fraction of sp³-hybridized carbons (Fsp3) is 0.381. The molecule has 5 rings (SSSR count). The number of fused-ring (bicyclic) bond motifs is 1. The number of hydrogen-bond acceptors (Lipinski definition) is 7. The highest BCUT2D eigenvalue weighted by Gasteiger charge is 2.31. The molecule has 0 bridgehead atoms. The van der Waals surface area contributed by atoms with Crippen molar-refractivity contribution in [2.75, 3.05) is 31.1 Å². The number of amides is 1. The van der Waals surface area contributed by atoms with Crippen LogP contribution in [0.1, 0.15) is 46.1 Å². The van der Waals surface area contributed by atoms with Crippen LogP contribution in [0.3, 0.4) is 0 Å². The number of carbonyl (C=O) groups excluding carboxylic acids is 1. The monoisotopic (exact) mass is 388 g/mol. The second-order valence-electron chi connectivity index (χ2n) is 7.61. The maximum Gasteiger partial charge on any atom is 0.259 e. The van der Waals surface area contributed by atoms with E-state index in [-0.39, 0.29) is 5.91 Å². The topological polar surface area (TPSA) is 99.2 Å². The molecule has 0 radical (unpaired) electrons. The van der Waals surface area contributed by atoms with E-state index in [9.17, 15) is 4.79 Å². The molecule has 2 aliphatic rings. The molecule has 1 aliphatic carbocycles. The van der Waals surface area contributed by atoms with E-state index in [4.69, 9.17) is 9.78 Å². The lowest BCUT2D eigenvalue weighted by Gasteiger charge is -2.35. The summed E-state index contributed by atoms with van der Waals surface area (Å²) in [6, 6.07) is 7.54. The minimum absolute atomic E-state index is 0.0102. The Balaban J connectivity index is 1.38. The van der Waals surface area contributed by atoms with Crippen molar-refractivity contribution in [3.05, 3.63) is 46.9 Å². The molecule has 1 amide bonds. The summed E-state index contributed by atoms with van der Waals surface area (Å²) in [7, 11) is 0. The van der Waals surface area contributed by atoms with Crippen LogP contribution in [0.5, 0.6) is 0 Å². The van der Waals surface area contributed by atoms with Crippen LogP contribution in [0.4, 0.5) is 5.82 Å². The van der Waals surface area contributed by atoms with Crippen LogP contribution in [0.2, 0.25) is 0 Å². The SMILES string of the molecule is Cc1noc2nc(C3CC3)cc(C(=O)N3CCN(c4cc(C#N)ccn4)CC3)c12. The highest BCUT2D eigenvalue weighted by molar-refractivity contribution is 6.06. The Morgan fingerprint density at radius 3 is 2.76 bits per heavy atom. The number of nitriles is 1. The molecule has 1 saturated heterocycles. The van der Waals surface area contributed by atoms with Crippen molar-refractivity contribution in [2.45, 2.75) is 25.7 Å². The minimum Gasteiger partial charge on any atom is -0.353 e. The van der Waals surface area contributed by atoms with Gasteiger partial charge in [0.25, 0.3) is 11.6 Å². The summed E-state index contributed by atoms with van der Waals surface area (Å²) < 4.78 is 5.37. The number of rotatable bonds is 3. The van der Waals surface area contributed by atoms with Crippen molar-refractivity contribution in [1.29, 1.82) is 5.26 Å². The highest BCUT2D eigenvalue weighted by atomic mass is 16.5. The second-order valence-corrected chi connectivity index (χ2v) is 7.61. The summed E-state index contributed by atoms with van der Waals surface area (Å²) in [5.74, 6) is 1.18. The molecule has 4 heterocycles. The van der Waals surface area contributed by atoms with Gasteiger partial charge < -0.3 is 14.3 Å². The number of aromatic nitrogens is 3. The molecule has 0 unspecified atom stereocenters. The molecular weight excluding hydrogens is 368 g/mol. The number of pyridine rings is 2. The number of aryl methyl sites for hydroxylation is 1. The van der Waals surface area contributed by atoms with Crippen LogP contribution >= 0.6 is 0 Å². The van der Waals surface area contributed by atoms with Crippen LogP contribution < -0.4 is 4.90 Å². The first-order valence-electron chi connectivity index (χ1n) is 9.81. The molecular formula is C21H20N6O2. The highest BCUT2D eigenvalue weighted by Crippen LogP contribution is 2.40. The predicted octanol–water partition coefficient (Wildman–Crippen LogP) is 2.64. The van der Waals surface area contributed by atoms with E-state index in [1.807, 2.05) is 17.9 Å². The molecule has 0 atom stereocenters. The van der Waals surface area contributed by atoms with Crippen LogP contribution in [0.15, 0.2) is 28.9 Å².